The van der Waals surface area contributed by atoms with Crippen LogP contribution in [0.5, 0.6) is 11.5 Å². The first kappa shape index (κ1) is 17.9. The molecule has 0 bridgehead atoms. The highest BCUT2D eigenvalue weighted by molar-refractivity contribution is 7.22. The summed E-state index contributed by atoms with van der Waals surface area (Å²) in [4.78, 5) is 24.1. The number of carbonyl (C=O) groups is 1. The SMILES string of the molecule is O=C(c1ccc2c(c1)OCO2)N(Cc1ccccn1)c1nc2c(Cl)cccc2s1. The van der Waals surface area contributed by atoms with Gasteiger partial charge in [0.1, 0.15) is 5.52 Å². The van der Waals surface area contributed by atoms with Gasteiger partial charge < -0.3 is 9.47 Å². The Balaban J connectivity index is 1.57. The molecule has 2 aromatic carbocycles. The first-order chi connectivity index (χ1) is 14.2. The standard InChI is InChI=1S/C21H14ClN3O3S/c22-15-5-3-6-18-19(15)24-21(29-18)25(11-14-4-1-2-9-23-14)20(26)13-7-8-16-17(10-13)28-12-27-16/h1-10H,11-12H2. The number of pyridine rings is 1. The van der Waals surface area contributed by atoms with Crippen molar-refractivity contribution in [3.63, 3.8) is 0 Å². The number of aromatic nitrogens is 2. The van der Waals surface area contributed by atoms with Crippen LogP contribution in [0.15, 0.2) is 60.8 Å². The van der Waals surface area contributed by atoms with Crippen molar-refractivity contribution in [2.75, 3.05) is 11.7 Å². The van der Waals surface area contributed by atoms with E-state index in [1.165, 1.54) is 11.3 Å². The molecular weight excluding hydrogens is 410 g/mol. The number of fused-ring (bicyclic) bond motifs is 2. The van der Waals surface area contributed by atoms with Gasteiger partial charge in [-0.2, -0.15) is 0 Å². The van der Waals surface area contributed by atoms with Gasteiger partial charge in [-0.05, 0) is 42.5 Å². The molecule has 0 aliphatic carbocycles. The number of anilines is 1. The molecule has 1 aliphatic rings. The molecule has 2 aromatic heterocycles. The predicted molar refractivity (Wildman–Crippen MR) is 112 cm³/mol. The third kappa shape index (κ3) is 3.39. The normalized spacial score (nSPS) is 12.3. The lowest BCUT2D eigenvalue weighted by Crippen LogP contribution is -2.30. The summed E-state index contributed by atoms with van der Waals surface area (Å²) in [6, 6.07) is 16.4. The van der Waals surface area contributed by atoms with Gasteiger partial charge >= 0.3 is 0 Å². The highest BCUT2D eigenvalue weighted by Crippen LogP contribution is 2.36. The number of para-hydroxylation sites is 1. The van der Waals surface area contributed by atoms with Gasteiger partial charge in [0, 0.05) is 11.8 Å². The largest absolute Gasteiger partial charge is 0.454 e. The number of thiazole rings is 1. The van der Waals surface area contributed by atoms with Crippen LogP contribution in [0.1, 0.15) is 16.1 Å². The van der Waals surface area contributed by atoms with E-state index < -0.39 is 0 Å². The van der Waals surface area contributed by atoms with Crippen molar-refractivity contribution >= 4 is 44.2 Å². The summed E-state index contributed by atoms with van der Waals surface area (Å²) in [6.07, 6.45) is 1.70. The predicted octanol–water partition coefficient (Wildman–Crippen LogP) is 4.92. The van der Waals surface area contributed by atoms with Gasteiger partial charge in [-0.3, -0.25) is 14.7 Å². The minimum atomic E-state index is -0.205. The molecule has 5 rings (SSSR count). The van der Waals surface area contributed by atoms with Crippen LogP contribution in [0, 0.1) is 0 Å². The third-order valence-electron chi connectivity index (χ3n) is 4.50. The molecule has 3 heterocycles. The molecule has 0 fully saturated rings. The molecule has 1 amide bonds. The van der Waals surface area contributed by atoms with Crippen molar-refractivity contribution in [3.8, 4) is 11.5 Å². The Morgan fingerprint density at radius 2 is 2.00 bits per heavy atom. The molecule has 0 N–H and O–H groups in total. The van der Waals surface area contributed by atoms with Crippen LogP contribution in [0.2, 0.25) is 5.02 Å². The molecule has 0 saturated heterocycles. The van der Waals surface area contributed by atoms with Crippen LogP contribution in [0.25, 0.3) is 10.2 Å². The van der Waals surface area contributed by atoms with E-state index in [0.717, 1.165) is 10.4 Å². The number of rotatable bonds is 4. The first-order valence-corrected chi connectivity index (χ1v) is 10.0. The van der Waals surface area contributed by atoms with Crippen molar-refractivity contribution in [2.24, 2.45) is 0 Å². The van der Waals surface area contributed by atoms with E-state index in [4.69, 9.17) is 21.1 Å². The van der Waals surface area contributed by atoms with Crippen molar-refractivity contribution in [1.82, 2.24) is 9.97 Å². The van der Waals surface area contributed by atoms with E-state index in [-0.39, 0.29) is 19.2 Å². The lowest BCUT2D eigenvalue weighted by atomic mass is 10.1. The topological polar surface area (TPSA) is 64.6 Å². The van der Waals surface area contributed by atoms with Crippen LogP contribution >= 0.6 is 22.9 Å². The average Bonchev–Trinajstić information content (AvgIpc) is 3.39. The van der Waals surface area contributed by atoms with Gasteiger partial charge in [0.05, 0.1) is 22.0 Å². The summed E-state index contributed by atoms with van der Waals surface area (Å²) in [5.74, 6) is 0.981. The number of carbonyl (C=O) groups excluding carboxylic acids is 1. The molecule has 29 heavy (non-hydrogen) atoms. The van der Waals surface area contributed by atoms with E-state index in [1.54, 1.807) is 35.4 Å². The maximum Gasteiger partial charge on any atom is 0.260 e. The minimum Gasteiger partial charge on any atom is -0.454 e. The van der Waals surface area contributed by atoms with E-state index in [1.807, 2.05) is 30.3 Å². The zero-order chi connectivity index (χ0) is 19.8. The second kappa shape index (κ2) is 7.35. The number of benzene rings is 2. The van der Waals surface area contributed by atoms with Crippen molar-refractivity contribution < 1.29 is 14.3 Å². The Kier molecular flexibility index (Phi) is 4.54. The highest BCUT2D eigenvalue weighted by Gasteiger charge is 2.25. The number of halogens is 1. The molecule has 6 nitrogen and oxygen atoms in total. The molecular formula is C21H14ClN3O3S. The summed E-state index contributed by atoms with van der Waals surface area (Å²) < 4.78 is 11.7. The summed E-state index contributed by atoms with van der Waals surface area (Å²) in [6.45, 7) is 0.437. The lowest BCUT2D eigenvalue weighted by molar-refractivity contribution is 0.0984. The molecule has 0 saturated carbocycles. The number of nitrogens with zero attached hydrogens (tertiary/aromatic N) is 3. The zero-order valence-corrected chi connectivity index (χ0v) is 16.6. The zero-order valence-electron chi connectivity index (χ0n) is 15.0. The summed E-state index contributed by atoms with van der Waals surface area (Å²) in [5, 5.41) is 1.11. The molecule has 0 atom stereocenters. The van der Waals surface area contributed by atoms with Crippen molar-refractivity contribution in [2.45, 2.75) is 6.54 Å². The van der Waals surface area contributed by atoms with E-state index in [2.05, 4.69) is 9.97 Å². The van der Waals surface area contributed by atoms with E-state index in [9.17, 15) is 4.79 Å². The van der Waals surface area contributed by atoms with Gasteiger partial charge in [0.15, 0.2) is 16.6 Å². The fourth-order valence-electron chi connectivity index (χ4n) is 3.08. The minimum absolute atomic E-state index is 0.154. The summed E-state index contributed by atoms with van der Waals surface area (Å²) in [7, 11) is 0. The van der Waals surface area contributed by atoms with Crippen LogP contribution < -0.4 is 14.4 Å². The molecule has 4 aromatic rings. The number of hydrogen-bond acceptors (Lipinski definition) is 6. The number of ether oxygens (including phenoxy) is 2. The molecule has 0 radical (unpaired) electrons. The smallest absolute Gasteiger partial charge is 0.260 e. The second-order valence-corrected chi connectivity index (χ2v) is 7.78. The fraction of sp³-hybridized carbons (Fsp3) is 0.0952. The molecule has 8 heteroatoms. The van der Waals surface area contributed by atoms with Gasteiger partial charge in [-0.1, -0.05) is 35.1 Å². The Hall–Kier alpha value is -3.16. The Morgan fingerprint density at radius 3 is 2.83 bits per heavy atom. The van der Waals surface area contributed by atoms with Gasteiger partial charge in [0.2, 0.25) is 6.79 Å². The quantitative estimate of drug-likeness (QED) is 0.466. The van der Waals surface area contributed by atoms with Crippen LogP contribution in [0.3, 0.4) is 0 Å². The van der Waals surface area contributed by atoms with Crippen LogP contribution in [-0.2, 0) is 6.54 Å². The van der Waals surface area contributed by atoms with Gasteiger partial charge in [0.25, 0.3) is 5.91 Å². The highest BCUT2D eigenvalue weighted by atomic mass is 35.5. The summed E-state index contributed by atoms with van der Waals surface area (Å²) in [5.41, 5.74) is 1.92. The molecule has 1 aliphatic heterocycles. The Labute approximate surface area is 175 Å². The second-order valence-electron chi connectivity index (χ2n) is 6.36. The average molecular weight is 424 g/mol. The van der Waals surface area contributed by atoms with E-state index >= 15 is 0 Å². The Morgan fingerprint density at radius 1 is 1.10 bits per heavy atom. The first-order valence-electron chi connectivity index (χ1n) is 8.85. The van der Waals surface area contributed by atoms with Crippen LogP contribution in [0.4, 0.5) is 5.13 Å². The van der Waals surface area contributed by atoms with E-state index in [0.29, 0.717) is 32.7 Å². The maximum atomic E-state index is 13.4. The number of amides is 1. The number of hydrogen-bond donors (Lipinski definition) is 0. The molecule has 0 spiro atoms. The monoisotopic (exact) mass is 423 g/mol. The van der Waals surface area contributed by atoms with Gasteiger partial charge in [-0.15, -0.1) is 0 Å². The van der Waals surface area contributed by atoms with Gasteiger partial charge in [-0.25, -0.2) is 4.98 Å². The molecule has 144 valence electrons. The summed E-state index contributed by atoms with van der Waals surface area (Å²) >= 11 is 7.71. The lowest BCUT2D eigenvalue weighted by Gasteiger charge is -2.19. The maximum absolute atomic E-state index is 13.4. The third-order valence-corrected chi connectivity index (χ3v) is 5.85. The Bertz CT molecular complexity index is 1210. The fourth-order valence-corrected chi connectivity index (χ4v) is 4.35. The van der Waals surface area contributed by atoms with Crippen molar-refractivity contribution in [1.29, 1.82) is 0 Å². The van der Waals surface area contributed by atoms with Crippen molar-refractivity contribution in [3.05, 3.63) is 77.1 Å². The molecule has 0 unspecified atom stereocenters. The van der Waals surface area contributed by atoms with Crippen LogP contribution in [-0.4, -0.2) is 22.7 Å².